The summed E-state index contributed by atoms with van der Waals surface area (Å²) in [4.78, 5) is 13.7. The number of urea groups is 1. The number of fused-ring (bicyclic) bond motifs is 2. The standard InChI is InChI=1S/C21H22N6O/c1-22-21(28)27-10-8-13(9-11-27)16-12-26(2)25-20-15-5-3-4-14-6-7-17(18(14)15)23-24-19(16)20/h3-8,25H,9-12H2,1-2H3,(H,22,28). The predicted molar refractivity (Wildman–Crippen MR) is 108 cm³/mol. The lowest BCUT2D eigenvalue weighted by Crippen LogP contribution is -2.42. The minimum Gasteiger partial charge on any atom is -0.341 e. The number of aromatic nitrogens is 2. The predicted octanol–water partition coefficient (Wildman–Crippen LogP) is 1.47. The van der Waals surface area contributed by atoms with Gasteiger partial charge in [-0.1, -0.05) is 30.3 Å². The summed E-state index contributed by atoms with van der Waals surface area (Å²) in [7, 11) is 3.71. The van der Waals surface area contributed by atoms with Crippen molar-refractivity contribution in [2.75, 3.05) is 39.2 Å². The molecular formula is C21H22N6O. The van der Waals surface area contributed by atoms with Crippen molar-refractivity contribution in [3.8, 4) is 0 Å². The zero-order chi connectivity index (χ0) is 19.3. The molecule has 1 aromatic carbocycles. The lowest BCUT2D eigenvalue weighted by atomic mass is 9.97. The number of anilines is 1. The van der Waals surface area contributed by atoms with Gasteiger partial charge in [0.25, 0.3) is 0 Å². The van der Waals surface area contributed by atoms with Crippen LogP contribution in [0.25, 0.3) is 16.3 Å². The molecule has 4 aliphatic rings. The third-order valence-electron chi connectivity index (χ3n) is 5.62. The average molecular weight is 374 g/mol. The fourth-order valence-electron chi connectivity index (χ4n) is 4.23. The van der Waals surface area contributed by atoms with Crippen LogP contribution >= 0.6 is 0 Å². The molecule has 0 atom stereocenters. The molecule has 0 spiro atoms. The Kier molecular flexibility index (Phi) is 3.91. The Labute approximate surface area is 162 Å². The molecule has 0 aromatic heterocycles. The van der Waals surface area contributed by atoms with Crippen molar-refractivity contribution < 1.29 is 4.79 Å². The molecule has 3 aliphatic heterocycles. The highest BCUT2D eigenvalue weighted by atomic mass is 16.2. The van der Waals surface area contributed by atoms with Gasteiger partial charge in [-0.25, -0.2) is 9.80 Å². The van der Waals surface area contributed by atoms with E-state index in [2.05, 4.69) is 56.3 Å². The molecule has 0 radical (unpaired) electrons. The van der Waals surface area contributed by atoms with Crippen LogP contribution in [0.2, 0.25) is 0 Å². The summed E-state index contributed by atoms with van der Waals surface area (Å²) >= 11 is 0. The molecule has 3 heterocycles. The molecule has 28 heavy (non-hydrogen) atoms. The van der Waals surface area contributed by atoms with Gasteiger partial charge in [0, 0.05) is 49.9 Å². The largest absolute Gasteiger partial charge is 0.341 e. The minimum absolute atomic E-state index is 0.0357. The van der Waals surface area contributed by atoms with Crippen LogP contribution < -0.4 is 16.1 Å². The number of hydrogen-bond donors (Lipinski definition) is 2. The second kappa shape index (κ2) is 6.45. The molecule has 1 aromatic rings. The Hall–Kier alpha value is -3.19. The van der Waals surface area contributed by atoms with E-state index in [0.717, 1.165) is 40.0 Å². The number of hydrazine groups is 1. The molecular weight excluding hydrogens is 352 g/mol. The molecule has 5 rings (SSSR count). The number of nitrogens with one attached hydrogen (secondary N) is 2. The van der Waals surface area contributed by atoms with Crippen LogP contribution in [0.3, 0.4) is 0 Å². The quantitative estimate of drug-likeness (QED) is 0.675. The van der Waals surface area contributed by atoms with Crippen LogP contribution in [0.15, 0.2) is 42.0 Å². The second-order valence-electron chi connectivity index (χ2n) is 7.34. The normalized spacial score (nSPS) is 17.4. The van der Waals surface area contributed by atoms with Gasteiger partial charge < -0.3 is 15.6 Å². The number of rotatable bonds is 1. The minimum atomic E-state index is -0.0357. The first-order chi connectivity index (χ1) is 13.7. The van der Waals surface area contributed by atoms with E-state index in [4.69, 9.17) is 0 Å². The lowest BCUT2D eigenvalue weighted by molar-refractivity contribution is 0.204. The van der Waals surface area contributed by atoms with Gasteiger partial charge in [-0.05, 0) is 23.4 Å². The number of carbonyl (C=O) groups excluding carboxylic acids is 1. The Morgan fingerprint density at radius 3 is 2.89 bits per heavy atom. The van der Waals surface area contributed by atoms with Crippen LogP contribution in [-0.2, 0) is 0 Å². The molecule has 0 unspecified atom stereocenters. The maximum Gasteiger partial charge on any atom is 0.317 e. The van der Waals surface area contributed by atoms with Crippen LogP contribution in [0.5, 0.6) is 0 Å². The SMILES string of the molecule is CNC(=O)N1CC=C(C2=c3nnc4ccc5cccc(c3NN(C)C2)c5=4)CC1. The van der Waals surface area contributed by atoms with Crippen molar-refractivity contribution >= 4 is 28.1 Å². The Bertz CT molecular complexity index is 1230. The van der Waals surface area contributed by atoms with Gasteiger partial charge in [-0.2, -0.15) is 0 Å². The van der Waals surface area contributed by atoms with E-state index in [1.54, 1.807) is 7.05 Å². The summed E-state index contributed by atoms with van der Waals surface area (Å²) in [6.07, 6.45) is 2.96. The van der Waals surface area contributed by atoms with E-state index in [0.29, 0.717) is 13.1 Å². The molecule has 7 heteroatoms. The van der Waals surface area contributed by atoms with Crippen molar-refractivity contribution in [1.29, 1.82) is 0 Å². The third kappa shape index (κ3) is 2.58. The van der Waals surface area contributed by atoms with Crippen molar-refractivity contribution in [3.63, 3.8) is 0 Å². The van der Waals surface area contributed by atoms with Crippen LogP contribution in [0, 0.1) is 10.6 Å². The van der Waals surface area contributed by atoms with Crippen molar-refractivity contribution in [3.05, 3.63) is 57.9 Å². The van der Waals surface area contributed by atoms with Gasteiger partial charge in [0.2, 0.25) is 0 Å². The summed E-state index contributed by atoms with van der Waals surface area (Å²) in [5.41, 5.74) is 6.91. The third-order valence-corrected chi connectivity index (χ3v) is 5.62. The van der Waals surface area contributed by atoms with Crippen LogP contribution in [-0.4, -0.2) is 59.9 Å². The van der Waals surface area contributed by atoms with Crippen LogP contribution in [0.4, 0.5) is 10.5 Å². The number of hydrogen-bond acceptors (Lipinski definition) is 5. The van der Waals surface area contributed by atoms with E-state index in [-0.39, 0.29) is 6.03 Å². The van der Waals surface area contributed by atoms with E-state index >= 15 is 0 Å². The maximum atomic E-state index is 11.9. The number of benzene rings is 1. The first kappa shape index (κ1) is 16.9. The maximum absolute atomic E-state index is 11.9. The van der Waals surface area contributed by atoms with Crippen molar-refractivity contribution in [2.45, 2.75) is 6.42 Å². The number of carbonyl (C=O) groups is 1. The fraction of sp³-hybridized carbons (Fsp3) is 0.286. The summed E-state index contributed by atoms with van der Waals surface area (Å²) < 4.78 is 0. The molecule has 0 saturated heterocycles. The molecule has 0 saturated carbocycles. The molecule has 0 fully saturated rings. The summed E-state index contributed by atoms with van der Waals surface area (Å²) in [5.74, 6) is 0. The van der Waals surface area contributed by atoms with Crippen molar-refractivity contribution in [1.82, 2.24) is 25.4 Å². The number of amides is 2. The molecule has 2 N–H and O–H groups in total. The zero-order valence-corrected chi connectivity index (χ0v) is 16.0. The van der Waals surface area contributed by atoms with E-state index < -0.39 is 0 Å². The number of nitrogens with zero attached hydrogens (tertiary/aromatic N) is 4. The van der Waals surface area contributed by atoms with Gasteiger partial charge >= 0.3 is 6.03 Å². The molecule has 142 valence electrons. The van der Waals surface area contributed by atoms with Gasteiger partial charge in [0.15, 0.2) is 0 Å². The molecule has 0 bridgehead atoms. The highest BCUT2D eigenvalue weighted by Gasteiger charge is 2.23. The fourth-order valence-corrected chi connectivity index (χ4v) is 4.23. The summed E-state index contributed by atoms with van der Waals surface area (Å²) in [6, 6.07) is 10.4. The monoisotopic (exact) mass is 374 g/mol. The van der Waals surface area contributed by atoms with E-state index in [9.17, 15) is 4.79 Å². The summed E-state index contributed by atoms with van der Waals surface area (Å²) in [6.45, 7) is 2.05. The van der Waals surface area contributed by atoms with E-state index in [1.807, 2.05) is 18.0 Å². The Balaban J connectivity index is 1.73. The first-order valence-corrected chi connectivity index (χ1v) is 9.50. The molecule has 7 nitrogen and oxygen atoms in total. The highest BCUT2D eigenvalue weighted by molar-refractivity contribution is 5.85. The summed E-state index contributed by atoms with van der Waals surface area (Å²) in [5, 5.41) is 19.3. The zero-order valence-electron chi connectivity index (χ0n) is 16.0. The van der Waals surface area contributed by atoms with E-state index in [1.165, 1.54) is 16.5 Å². The van der Waals surface area contributed by atoms with Crippen LogP contribution in [0.1, 0.15) is 6.42 Å². The second-order valence-corrected chi connectivity index (χ2v) is 7.34. The van der Waals surface area contributed by atoms with Gasteiger partial charge in [0.05, 0.1) is 11.0 Å². The average Bonchev–Trinajstić information content (AvgIpc) is 3.07. The Morgan fingerprint density at radius 1 is 1.21 bits per heavy atom. The highest BCUT2D eigenvalue weighted by Crippen LogP contribution is 2.27. The lowest BCUT2D eigenvalue weighted by Gasteiger charge is -2.31. The van der Waals surface area contributed by atoms with Crippen molar-refractivity contribution in [2.24, 2.45) is 0 Å². The topological polar surface area (TPSA) is 73.4 Å². The van der Waals surface area contributed by atoms with Gasteiger partial charge in [0.1, 0.15) is 5.35 Å². The molecule has 2 amide bonds. The molecule has 1 aliphatic carbocycles. The van der Waals surface area contributed by atoms with Gasteiger partial charge in [-0.15, -0.1) is 10.2 Å². The smallest absolute Gasteiger partial charge is 0.317 e. The van der Waals surface area contributed by atoms with Gasteiger partial charge in [-0.3, -0.25) is 0 Å². The Morgan fingerprint density at radius 2 is 2.11 bits per heavy atom. The first-order valence-electron chi connectivity index (χ1n) is 9.50.